The van der Waals surface area contributed by atoms with Gasteiger partial charge in [-0.25, -0.2) is 0 Å². The van der Waals surface area contributed by atoms with Gasteiger partial charge in [0.2, 0.25) is 0 Å². The van der Waals surface area contributed by atoms with E-state index in [-0.39, 0.29) is 5.41 Å². The van der Waals surface area contributed by atoms with Gasteiger partial charge in [0.15, 0.2) is 0 Å². The summed E-state index contributed by atoms with van der Waals surface area (Å²) in [7, 11) is 0. The van der Waals surface area contributed by atoms with E-state index in [1.807, 2.05) is 13.8 Å². The lowest BCUT2D eigenvalue weighted by Crippen LogP contribution is -2.35. The zero-order valence-corrected chi connectivity index (χ0v) is 10.7. The fraction of sp³-hybridized carbons (Fsp3) is 0.917. The monoisotopic (exact) mass is 227 g/mol. The molecule has 94 valence electrons. The molecule has 4 nitrogen and oxygen atoms in total. The maximum Gasteiger partial charge on any atom is 0.144 e. The number of rotatable bonds is 7. The van der Waals surface area contributed by atoms with Crippen LogP contribution in [0.15, 0.2) is 5.16 Å². The molecule has 1 fully saturated rings. The number of nitrogens with one attached hydrogen (secondary N) is 1. The molecule has 16 heavy (non-hydrogen) atoms. The molecule has 0 amide bonds. The molecule has 0 saturated heterocycles. The first kappa shape index (κ1) is 13.3. The van der Waals surface area contributed by atoms with Gasteiger partial charge in [-0.15, -0.1) is 0 Å². The molecule has 0 aromatic heterocycles. The fourth-order valence-electron chi connectivity index (χ4n) is 2.02. The Hall–Kier alpha value is -0.770. The Morgan fingerprint density at radius 3 is 2.81 bits per heavy atom. The summed E-state index contributed by atoms with van der Waals surface area (Å²) in [6.07, 6.45) is 4.83. The van der Waals surface area contributed by atoms with Crippen LogP contribution in [0.5, 0.6) is 0 Å². The standard InChI is InChI=1S/C12H25N3O/c1-4-5-9-8-10(9)14-7-6-12(2,3)11(13)15-16/h9-10,14,16H,4-8H2,1-3H3,(H2,13,15). The van der Waals surface area contributed by atoms with Gasteiger partial charge >= 0.3 is 0 Å². The lowest BCUT2D eigenvalue weighted by atomic mass is 9.88. The number of nitrogens with zero attached hydrogens (tertiary/aromatic N) is 1. The second-order valence-corrected chi connectivity index (χ2v) is 5.46. The van der Waals surface area contributed by atoms with E-state index in [1.165, 1.54) is 19.3 Å². The van der Waals surface area contributed by atoms with Crippen LogP contribution in [0.1, 0.15) is 46.5 Å². The molecule has 1 aliphatic carbocycles. The maximum atomic E-state index is 8.65. The average Bonchev–Trinajstić information content (AvgIpc) is 2.96. The largest absolute Gasteiger partial charge is 0.409 e. The molecular formula is C12H25N3O. The summed E-state index contributed by atoms with van der Waals surface area (Å²) in [5.74, 6) is 1.20. The lowest BCUT2D eigenvalue weighted by molar-refractivity contribution is 0.305. The first-order valence-electron chi connectivity index (χ1n) is 6.22. The second-order valence-electron chi connectivity index (χ2n) is 5.46. The van der Waals surface area contributed by atoms with Crippen molar-refractivity contribution in [2.24, 2.45) is 22.2 Å². The van der Waals surface area contributed by atoms with E-state index in [4.69, 9.17) is 10.9 Å². The number of oxime groups is 1. The summed E-state index contributed by atoms with van der Waals surface area (Å²) >= 11 is 0. The maximum absolute atomic E-state index is 8.65. The Morgan fingerprint density at radius 1 is 1.56 bits per heavy atom. The summed E-state index contributed by atoms with van der Waals surface area (Å²) in [6.45, 7) is 7.17. The Bertz CT molecular complexity index is 251. The third-order valence-electron chi connectivity index (χ3n) is 3.54. The highest BCUT2D eigenvalue weighted by Crippen LogP contribution is 2.34. The van der Waals surface area contributed by atoms with Crippen LogP contribution in [0.2, 0.25) is 0 Å². The molecule has 4 heteroatoms. The van der Waals surface area contributed by atoms with Gasteiger partial charge in [0, 0.05) is 11.5 Å². The summed E-state index contributed by atoms with van der Waals surface area (Å²) in [4.78, 5) is 0. The molecule has 2 atom stereocenters. The van der Waals surface area contributed by atoms with E-state index in [0.717, 1.165) is 18.9 Å². The van der Waals surface area contributed by atoms with Crippen LogP contribution in [0.3, 0.4) is 0 Å². The van der Waals surface area contributed by atoms with E-state index in [2.05, 4.69) is 17.4 Å². The van der Waals surface area contributed by atoms with Crippen molar-refractivity contribution in [1.29, 1.82) is 0 Å². The average molecular weight is 227 g/mol. The zero-order valence-electron chi connectivity index (χ0n) is 10.7. The first-order chi connectivity index (χ1) is 7.51. The molecule has 0 bridgehead atoms. The van der Waals surface area contributed by atoms with Crippen molar-refractivity contribution in [3.63, 3.8) is 0 Å². The molecule has 0 radical (unpaired) electrons. The number of hydrogen-bond donors (Lipinski definition) is 3. The molecular weight excluding hydrogens is 202 g/mol. The highest BCUT2D eigenvalue weighted by atomic mass is 16.4. The van der Waals surface area contributed by atoms with Crippen molar-refractivity contribution in [3.05, 3.63) is 0 Å². The van der Waals surface area contributed by atoms with Gasteiger partial charge in [0.05, 0.1) is 0 Å². The van der Waals surface area contributed by atoms with Gasteiger partial charge in [-0.1, -0.05) is 32.3 Å². The molecule has 1 aliphatic rings. The Labute approximate surface area is 98.3 Å². The summed E-state index contributed by atoms with van der Waals surface area (Å²) in [5.41, 5.74) is 5.41. The van der Waals surface area contributed by atoms with Crippen LogP contribution < -0.4 is 11.1 Å². The third kappa shape index (κ3) is 3.67. The van der Waals surface area contributed by atoms with Crippen LogP contribution in [0.25, 0.3) is 0 Å². The van der Waals surface area contributed by atoms with Crippen molar-refractivity contribution in [2.45, 2.75) is 52.5 Å². The normalized spacial score (nSPS) is 25.8. The minimum absolute atomic E-state index is 0.225. The molecule has 1 rings (SSSR count). The smallest absolute Gasteiger partial charge is 0.144 e. The van der Waals surface area contributed by atoms with Crippen LogP contribution in [-0.4, -0.2) is 23.6 Å². The minimum atomic E-state index is -0.225. The van der Waals surface area contributed by atoms with Crippen molar-refractivity contribution >= 4 is 5.84 Å². The van der Waals surface area contributed by atoms with Crippen molar-refractivity contribution in [3.8, 4) is 0 Å². The minimum Gasteiger partial charge on any atom is -0.409 e. The summed E-state index contributed by atoms with van der Waals surface area (Å²) in [5, 5.41) is 15.3. The molecule has 0 spiro atoms. The predicted octanol–water partition coefficient (Wildman–Crippen LogP) is 1.93. The van der Waals surface area contributed by atoms with E-state index in [1.54, 1.807) is 0 Å². The molecule has 0 aromatic rings. The lowest BCUT2D eigenvalue weighted by Gasteiger charge is -2.22. The second kappa shape index (κ2) is 5.53. The van der Waals surface area contributed by atoms with Gasteiger partial charge in [0.1, 0.15) is 5.84 Å². The van der Waals surface area contributed by atoms with Gasteiger partial charge < -0.3 is 16.3 Å². The van der Waals surface area contributed by atoms with Crippen LogP contribution in [0.4, 0.5) is 0 Å². The number of amidine groups is 1. The predicted molar refractivity (Wildman–Crippen MR) is 66.6 cm³/mol. The van der Waals surface area contributed by atoms with E-state index in [9.17, 15) is 0 Å². The molecule has 0 heterocycles. The van der Waals surface area contributed by atoms with Crippen molar-refractivity contribution < 1.29 is 5.21 Å². The molecule has 2 unspecified atom stereocenters. The SMILES string of the molecule is CCCC1CC1NCCC(C)(C)C(N)=NO. The van der Waals surface area contributed by atoms with Crippen LogP contribution in [0, 0.1) is 11.3 Å². The van der Waals surface area contributed by atoms with Gasteiger partial charge in [-0.2, -0.15) is 0 Å². The molecule has 0 aliphatic heterocycles. The first-order valence-corrected chi connectivity index (χ1v) is 6.22. The summed E-state index contributed by atoms with van der Waals surface area (Å²) < 4.78 is 0. The Morgan fingerprint density at radius 2 is 2.25 bits per heavy atom. The fourth-order valence-corrected chi connectivity index (χ4v) is 2.02. The molecule has 1 saturated carbocycles. The number of nitrogens with two attached hydrogens (primary N) is 1. The number of hydrogen-bond acceptors (Lipinski definition) is 3. The molecule has 0 aromatic carbocycles. The van der Waals surface area contributed by atoms with Gasteiger partial charge in [0.25, 0.3) is 0 Å². The highest BCUT2D eigenvalue weighted by molar-refractivity contribution is 5.85. The van der Waals surface area contributed by atoms with E-state index < -0.39 is 0 Å². The van der Waals surface area contributed by atoms with E-state index in [0.29, 0.717) is 11.9 Å². The topological polar surface area (TPSA) is 70.6 Å². The highest BCUT2D eigenvalue weighted by Gasteiger charge is 2.35. The quantitative estimate of drug-likeness (QED) is 0.269. The van der Waals surface area contributed by atoms with Gasteiger partial charge in [-0.3, -0.25) is 0 Å². The van der Waals surface area contributed by atoms with Crippen LogP contribution >= 0.6 is 0 Å². The Balaban J connectivity index is 2.17. The zero-order chi connectivity index (χ0) is 12.2. The van der Waals surface area contributed by atoms with Crippen molar-refractivity contribution in [2.75, 3.05) is 6.54 Å². The third-order valence-corrected chi connectivity index (χ3v) is 3.54. The summed E-state index contributed by atoms with van der Waals surface area (Å²) in [6, 6.07) is 0.711. The van der Waals surface area contributed by atoms with Gasteiger partial charge in [-0.05, 0) is 31.7 Å². The Kier molecular flexibility index (Phi) is 4.59. The van der Waals surface area contributed by atoms with Crippen LogP contribution in [-0.2, 0) is 0 Å². The van der Waals surface area contributed by atoms with E-state index >= 15 is 0 Å². The van der Waals surface area contributed by atoms with Crippen molar-refractivity contribution in [1.82, 2.24) is 5.32 Å². The molecule has 4 N–H and O–H groups in total.